The van der Waals surface area contributed by atoms with Crippen LogP contribution in [-0.2, 0) is 6.18 Å². The van der Waals surface area contributed by atoms with E-state index in [0.717, 1.165) is 18.2 Å². The van der Waals surface area contributed by atoms with Crippen molar-refractivity contribution in [3.63, 3.8) is 0 Å². The van der Waals surface area contributed by atoms with Gasteiger partial charge in [0.25, 0.3) is 0 Å². The maximum atomic E-state index is 12.7. The standard InChI is InChI=1S/C15H8F6N2O2S/c16-14(17,18)4-1-5-25-11-6-8(7-22)13(24)12(23-11)9-2-3-10(26-9)15(19,20)21/h1-4,6,24H,5H2. The molecule has 0 aliphatic carbocycles. The number of hydrogen-bond donors (Lipinski definition) is 1. The van der Waals surface area contributed by atoms with Crippen LogP contribution in [-0.4, -0.2) is 22.9 Å². The molecule has 0 aromatic carbocycles. The lowest BCUT2D eigenvalue weighted by Gasteiger charge is -2.08. The van der Waals surface area contributed by atoms with Gasteiger partial charge in [0.05, 0.1) is 4.88 Å². The molecule has 2 heterocycles. The quantitative estimate of drug-likeness (QED) is 0.592. The van der Waals surface area contributed by atoms with Gasteiger partial charge in [0.2, 0.25) is 5.88 Å². The van der Waals surface area contributed by atoms with Crippen molar-refractivity contribution in [2.75, 3.05) is 6.61 Å². The van der Waals surface area contributed by atoms with E-state index in [4.69, 9.17) is 10.00 Å². The van der Waals surface area contributed by atoms with Crippen LogP contribution in [0.1, 0.15) is 10.4 Å². The van der Waals surface area contributed by atoms with Crippen molar-refractivity contribution in [2.45, 2.75) is 12.4 Å². The van der Waals surface area contributed by atoms with E-state index < -0.39 is 29.6 Å². The molecule has 26 heavy (non-hydrogen) atoms. The van der Waals surface area contributed by atoms with E-state index >= 15 is 0 Å². The largest absolute Gasteiger partial charge is 0.504 e. The van der Waals surface area contributed by atoms with Gasteiger partial charge >= 0.3 is 12.4 Å². The van der Waals surface area contributed by atoms with Crippen molar-refractivity contribution in [3.05, 3.63) is 40.8 Å². The lowest BCUT2D eigenvalue weighted by Crippen LogP contribution is -2.03. The molecular weight excluding hydrogens is 386 g/mol. The summed E-state index contributed by atoms with van der Waals surface area (Å²) in [7, 11) is 0. The highest BCUT2D eigenvalue weighted by molar-refractivity contribution is 7.15. The van der Waals surface area contributed by atoms with Crippen LogP contribution in [0.15, 0.2) is 30.4 Å². The van der Waals surface area contributed by atoms with Gasteiger partial charge in [-0.2, -0.15) is 31.6 Å². The Morgan fingerprint density at radius 3 is 2.46 bits per heavy atom. The first-order valence-electron chi connectivity index (χ1n) is 6.70. The molecule has 0 radical (unpaired) electrons. The van der Waals surface area contributed by atoms with Crippen LogP contribution in [0.4, 0.5) is 26.3 Å². The third kappa shape index (κ3) is 4.89. The lowest BCUT2D eigenvalue weighted by atomic mass is 10.2. The van der Waals surface area contributed by atoms with Gasteiger partial charge in [-0.25, -0.2) is 4.98 Å². The summed E-state index contributed by atoms with van der Waals surface area (Å²) in [6, 6.07) is 4.43. The SMILES string of the molecule is N#Cc1cc(OCC=CC(F)(F)F)nc(-c2ccc(C(F)(F)F)s2)c1O. The lowest BCUT2D eigenvalue weighted by molar-refractivity contribution is -0.134. The Labute approximate surface area is 146 Å². The Kier molecular flexibility index (Phi) is 5.46. The van der Waals surface area contributed by atoms with E-state index in [2.05, 4.69) is 4.98 Å². The topological polar surface area (TPSA) is 66.1 Å². The second-order valence-electron chi connectivity index (χ2n) is 4.73. The molecule has 138 valence electrons. The first-order chi connectivity index (χ1) is 12.0. The Bertz CT molecular complexity index is 864. The molecule has 0 amide bonds. The zero-order valence-corrected chi connectivity index (χ0v) is 13.3. The highest BCUT2D eigenvalue weighted by atomic mass is 32.1. The Hall–Kier alpha value is -2.74. The molecule has 0 saturated heterocycles. The van der Waals surface area contributed by atoms with Crippen LogP contribution in [0.25, 0.3) is 10.6 Å². The number of rotatable bonds is 4. The summed E-state index contributed by atoms with van der Waals surface area (Å²) in [5.41, 5.74) is -0.675. The van der Waals surface area contributed by atoms with E-state index in [1.807, 2.05) is 0 Å². The molecule has 0 atom stereocenters. The van der Waals surface area contributed by atoms with Crippen molar-refractivity contribution in [3.8, 4) is 28.3 Å². The van der Waals surface area contributed by atoms with E-state index in [1.54, 1.807) is 6.07 Å². The number of aromatic nitrogens is 1. The number of halogens is 6. The van der Waals surface area contributed by atoms with Crippen LogP contribution >= 0.6 is 11.3 Å². The van der Waals surface area contributed by atoms with Gasteiger partial charge in [-0.05, 0) is 18.2 Å². The summed E-state index contributed by atoms with van der Waals surface area (Å²) in [4.78, 5) is 2.77. The average Bonchev–Trinajstić information content (AvgIpc) is 3.01. The first-order valence-corrected chi connectivity index (χ1v) is 7.51. The monoisotopic (exact) mass is 394 g/mol. The van der Waals surface area contributed by atoms with Gasteiger partial charge in [0.15, 0.2) is 5.75 Å². The van der Waals surface area contributed by atoms with Gasteiger partial charge in [0, 0.05) is 12.1 Å². The minimum absolute atomic E-state index is 0.0611. The summed E-state index contributed by atoms with van der Waals surface area (Å²) in [5, 5.41) is 19.0. The minimum Gasteiger partial charge on any atom is -0.504 e. The molecule has 4 nitrogen and oxygen atoms in total. The second-order valence-corrected chi connectivity index (χ2v) is 5.82. The van der Waals surface area contributed by atoms with Gasteiger partial charge in [-0.15, -0.1) is 11.3 Å². The number of thiophene rings is 1. The molecule has 2 rings (SSSR count). The number of nitriles is 1. The molecule has 11 heteroatoms. The fraction of sp³-hybridized carbons (Fsp3) is 0.200. The molecule has 0 aliphatic rings. The maximum Gasteiger partial charge on any atom is 0.425 e. The molecule has 0 fully saturated rings. The fourth-order valence-electron chi connectivity index (χ4n) is 1.78. The van der Waals surface area contributed by atoms with Crippen molar-refractivity contribution in [2.24, 2.45) is 0 Å². The molecule has 0 unspecified atom stereocenters. The van der Waals surface area contributed by atoms with Gasteiger partial charge < -0.3 is 9.84 Å². The van der Waals surface area contributed by atoms with Crippen LogP contribution in [0.2, 0.25) is 0 Å². The number of alkyl halides is 6. The van der Waals surface area contributed by atoms with Crippen molar-refractivity contribution < 1.29 is 36.2 Å². The van der Waals surface area contributed by atoms with Crippen LogP contribution in [0.3, 0.4) is 0 Å². The number of allylic oxidation sites excluding steroid dienone is 1. The van der Waals surface area contributed by atoms with Crippen molar-refractivity contribution in [1.29, 1.82) is 5.26 Å². The van der Waals surface area contributed by atoms with Gasteiger partial charge in [0.1, 0.15) is 28.8 Å². The van der Waals surface area contributed by atoms with E-state index in [1.165, 1.54) is 0 Å². The smallest absolute Gasteiger partial charge is 0.425 e. The fourth-order valence-corrected chi connectivity index (χ4v) is 2.64. The summed E-state index contributed by atoms with van der Waals surface area (Å²) in [6.45, 7) is -0.542. The number of hydrogen-bond acceptors (Lipinski definition) is 5. The first kappa shape index (κ1) is 19.6. The molecular formula is C15H8F6N2O2S. The van der Waals surface area contributed by atoms with Crippen molar-refractivity contribution in [1.82, 2.24) is 4.98 Å². The maximum absolute atomic E-state index is 12.7. The summed E-state index contributed by atoms with van der Waals surface area (Å²) in [5.74, 6) is -0.968. The number of ether oxygens (including phenoxy) is 1. The van der Waals surface area contributed by atoms with Crippen LogP contribution in [0, 0.1) is 11.3 Å². The van der Waals surface area contributed by atoms with Crippen molar-refractivity contribution >= 4 is 11.3 Å². The minimum atomic E-state index is -4.59. The highest BCUT2D eigenvalue weighted by Gasteiger charge is 2.33. The third-order valence-corrected chi connectivity index (χ3v) is 3.98. The van der Waals surface area contributed by atoms with Gasteiger partial charge in [-0.1, -0.05) is 0 Å². The third-order valence-electron chi connectivity index (χ3n) is 2.84. The Morgan fingerprint density at radius 1 is 1.23 bits per heavy atom. The molecule has 0 saturated carbocycles. The molecule has 1 N–H and O–H groups in total. The van der Waals surface area contributed by atoms with E-state index in [-0.39, 0.29) is 28.1 Å². The predicted octanol–water partition coefficient (Wildman–Crippen LogP) is 4.90. The van der Waals surface area contributed by atoms with Gasteiger partial charge in [-0.3, -0.25) is 0 Å². The number of aromatic hydroxyl groups is 1. The van der Waals surface area contributed by atoms with E-state index in [0.29, 0.717) is 17.4 Å². The molecule has 0 bridgehead atoms. The Morgan fingerprint density at radius 2 is 1.92 bits per heavy atom. The average molecular weight is 394 g/mol. The summed E-state index contributed by atoms with van der Waals surface area (Å²) < 4.78 is 79.1. The highest BCUT2D eigenvalue weighted by Crippen LogP contribution is 2.41. The summed E-state index contributed by atoms with van der Waals surface area (Å²) >= 11 is 0.291. The summed E-state index contributed by atoms with van der Waals surface area (Å²) in [6.07, 6.45) is -8.52. The van der Waals surface area contributed by atoms with Crippen LogP contribution < -0.4 is 4.74 Å². The predicted molar refractivity (Wildman–Crippen MR) is 79.6 cm³/mol. The number of nitrogens with zero attached hydrogens (tertiary/aromatic N) is 2. The number of pyridine rings is 1. The Balaban J connectivity index is 2.33. The van der Waals surface area contributed by atoms with Crippen LogP contribution in [0.5, 0.6) is 11.6 Å². The molecule has 0 spiro atoms. The second kappa shape index (κ2) is 7.25. The van der Waals surface area contributed by atoms with E-state index in [9.17, 15) is 31.4 Å². The molecule has 0 aliphatic heterocycles. The molecule has 2 aromatic heterocycles. The normalized spacial score (nSPS) is 12.3. The zero-order chi connectivity index (χ0) is 19.5. The molecule has 2 aromatic rings. The zero-order valence-electron chi connectivity index (χ0n) is 12.5.